The lowest BCUT2D eigenvalue weighted by molar-refractivity contribution is -0.137. The van der Waals surface area contributed by atoms with Gasteiger partial charge in [-0.1, -0.05) is 44.2 Å². The first-order chi connectivity index (χ1) is 20.1. The fraction of sp³-hybridized carbons (Fsp3) is 0.677. The van der Waals surface area contributed by atoms with Crippen LogP contribution in [0, 0.1) is 11.3 Å². The van der Waals surface area contributed by atoms with Crippen molar-refractivity contribution in [3.8, 4) is 0 Å². The van der Waals surface area contributed by atoms with E-state index in [0.29, 0.717) is 24.3 Å². The number of carbonyl (C=O) groups excluding carboxylic acids is 4. The van der Waals surface area contributed by atoms with E-state index in [1.54, 1.807) is 0 Å². The fourth-order valence-corrected chi connectivity index (χ4v) is 6.49. The molecule has 232 valence electrons. The predicted molar refractivity (Wildman–Crippen MR) is 161 cm³/mol. The molecule has 2 saturated heterocycles. The Balaban J connectivity index is 1.16. The molecule has 0 bridgehead atoms. The number of piperidine rings is 1. The third-order valence-electron chi connectivity index (χ3n) is 9.01. The summed E-state index contributed by atoms with van der Waals surface area (Å²) in [4.78, 5) is 55.4. The maximum Gasteiger partial charge on any atom is 0.243 e. The normalized spacial score (nSPS) is 20.4. The Morgan fingerprint density at radius 2 is 1.60 bits per heavy atom. The highest BCUT2D eigenvalue weighted by atomic mass is 16.2. The van der Waals surface area contributed by atoms with Crippen molar-refractivity contribution in [2.24, 2.45) is 17.1 Å². The summed E-state index contributed by atoms with van der Waals surface area (Å²) in [5.74, 6) is -1.27. The monoisotopic (exact) mass is 583 g/mol. The summed E-state index contributed by atoms with van der Waals surface area (Å²) >= 11 is 0. The molecule has 2 unspecified atom stereocenters. The minimum atomic E-state index is -0.804. The van der Waals surface area contributed by atoms with Crippen molar-refractivity contribution in [3.05, 3.63) is 35.9 Å². The molecular weight excluding hydrogens is 534 g/mol. The SMILES string of the molecule is CC(C)CC(NC(=O)CNC(=O)C(N)Cc1ccccc1)C(=O)NCC(=O)N1CCC2(CC1)CC(N1CCNCC1)C2. The third kappa shape index (κ3) is 8.99. The average molecular weight is 584 g/mol. The van der Waals surface area contributed by atoms with Crippen LogP contribution in [0.2, 0.25) is 0 Å². The Morgan fingerprint density at radius 1 is 0.952 bits per heavy atom. The molecule has 1 aromatic carbocycles. The number of nitrogens with one attached hydrogen (secondary N) is 4. The van der Waals surface area contributed by atoms with Crippen molar-refractivity contribution >= 4 is 23.6 Å². The summed E-state index contributed by atoms with van der Waals surface area (Å²) in [5, 5.41) is 11.4. The van der Waals surface area contributed by atoms with Gasteiger partial charge in [-0.25, -0.2) is 0 Å². The summed E-state index contributed by atoms with van der Waals surface area (Å²) in [6.45, 7) is 9.37. The van der Waals surface area contributed by atoms with Crippen LogP contribution in [0.1, 0.15) is 51.5 Å². The van der Waals surface area contributed by atoms with Crippen LogP contribution >= 0.6 is 0 Å². The van der Waals surface area contributed by atoms with Crippen LogP contribution < -0.4 is 27.0 Å². The van der Waals surface area contributed by atoms with Gasteiger partial charge in [0.25, 0.3) is 0 Å². The van der Waals surface area contributed by atoms with Crippen molar-refractivity contribution in [1.29, 1.82) is 0 Å². The Hall–Kier alpha value is -3.02. The smallest absolute Gasteiger partial charge is 0.243 e. The molecule has 2 heterocycles. The molecule has 0 radical (unpaired) electrons. The van der Waals surface area contributed by atoms with E-state index < -0.39 is 29.8 Å². The highest BCUT2D eigenvalue weighted by molar-refractivity contribution is 5.92. The van der Waals surface area contributed by atoms with Crippen LogP contribution in [0.4, 0.5) is 0 Å². The molecule has 1 aliphatic carbocycles. The molecule has 11 heteroatoms. The molecule has 4 amide bonds. The molecule has 1 spiro atoms. The molecule has 11 nitrogen and oxygen atoms in total. The number of nitrogens with two attached hydrogens (primary N) is 1. The number of likely N-dealkylation sites (tertiary alicyclic amines) is 1. The van der Waals surface area contributed by atoms with Crippen LogP contribution in [0.15, 0.2) is 30.3 Å². The molecule has 1 aromatic rings. The topological polar surface area (TPSA) is 149 Å². The lowest BCUT2D eigenvalue weighted by atomic mass is 9.60. The van der Waals surface area contributed by atoms with Gasteiger partial charge in [-0.15, -0.1) is 0 Å². The lowest BCUT2D eigenvalue weighted by Crippen LogP contribution is -2.59. The zero-order valence-corrected chi connectivity index (χ0v) is 25.2. The van der Waals surface area contributed by atoms with Gasteiger partial charge in [-0.05, 0) is 55.4 Å². The van der Waals surface area contributed by atoms with Crippen LogP contribution in [0.25, 0.3) is 0 Å². The number of piperazine rings is 1. The Bertz CT molecular complexity index is 1060. The van der Waals surface area contributed by atoms with E-state index in [-0.39, 0.29) is 24.9 Å². The molecule has 4 rings (SSSR count). The van der Waals surface area contributed by atoms with E-state index in [1.807, 2.05) is 49.1 Å². The summed E-state index contributed by atoms with van der Waals surface area (Å²) in [5.41, 5.74) is 7.29. The van der Waals surface area contributed by atoms with Gasteiger partial charge in [-0.3, -0.25) is 24.1 Å². The largest absolute Gasteiger partial charge is 0.346 e. The zero-order chi connectivity index (χ0) is 30.1. The van der Waals surface area contributed by atoms with Gasteiger partial charge in [-0.2, -0.15) is 0 Å². The van der Waals surface area contributed by atoms with Crippen LogP contribution in [0.5, 0.6) is 0 Å². The van der Waals surface area contributed by atoms with Crippen molar-refractivity contribution in [2.75, 3.05) is 52.4 Å². The predicted octanol–water partition coefficient (Wildman–Crippen LogP) is -0.00390. The molecule has 1 saturated carbocycles. The van der Waals surface area contributed by atoms with Crippen LogP contribution in [0.3, 0.4) is 0 Å². The molecule has 2 atom stereocenters. The van der Waals surface area contributed by atoms with E-state index >= 15 is 0 Å². The maximum absolute atomic E-state index is 13.0. The minimum absolute atomic E-state index is 0.0922. The average Bonchev–Trinajstić information content (AvgIpc) is 2.97. The summed E-state index contributed by atoms with van der Waals surface area (Å²) < 4.78 is 0. The second-order valence-corrected chi connectivity index (χ2v) is 12.7. The van der Waals surface area contributed by atoms with Gasteiger partial charge >= 0.3 is 0 Å². The summed E-state index contributed by atoms with van der Waals surface area (Å²) in [6, 6.07) is 8.51. The second-order valence-electron chi connectivity index (χ2n) is 12.7. The first kappa shape index (κ1) is 31.9. The third-order valence-corrected chi connectivity index (χ3v) is 9.01. The Labute approximate surface area is 249 Å². The molecule has 2 aliphatic heterocycles. The Kier molecular flexibility index (Phi) is 11.3. The number of hydrogen-bond acceptors (Lipinski definition) is 7. The highest BCUT2D eigenvalue weighted by Gasteiger charge is 2.48. The number of nitrogens with zero attached hydrogens (tertiary/aromatic N) is 2. The number of benzene rings is 1. The van der Waals surface area contributed by atoms with E-state index in [4.69, 9.17) is 5.73 Å². The van der Waals surface area contributed by atoms with Gasteiger partial charge < -0.3 is 31.9 Å². The van der Waals surface area contributed by atoms with E-state index in [9.17, 15) is 19.2 Å². The number of hydrogen-bond donors (Lipinski definition) is 5. The van der Waals surface area contributed by atoms with Crippen molar-refractivity contribution in [2.45, 2.75) is 70.5 Å². The lowest BCUT2D eigenvalue weighted by Gasteiger charge is -2.56. The molecule has 0 aromatic heterocycles. The van der Waals surface area contributed by atoms with Gasteiger partial charge in [0.15, 0.2) is 0 Å². The quantitative estimate of drug-likeness (QED) is 0.233. The van der Waals surface area contributed by atoms with Gasteiger partial charge in [0.1, 0.15) is 6.04 Å². The second kappa shape index (κ2) is 14.9. The van der Waals surface area contributed by atoms with Gasteiger partial charge in [0, 0.05) is 45.3 Å². The standard InChI is InChI=1S/C31H49N7O4/c1-22(2)16-26(36-27(39)20-34-29(41)25(32)17-23-6-4-3-5-7-23)30(42)35-21-28(40)38-12-8-31(9-13-38)18-24(19-31)37-14-10-33-11-15-37/h3-7,22,24-26,33H,8-21,32H2,1-2H3,(H,34,41)(H,35,42)(H,36,39). The van der Waals surface area contributed by atoms with Crippen molar-refractivity contribution < 1.29 is 19.2 Å². The maximum atomic E-state index is 13.0. The molecule has 42 heavy (non-hydrogen) atoms. The molecule has 3 fully saturated rings. The molecular formula is C31H49N7O4. The van der Waals surface area contributed by atoms with Gasteiger partial charge in [0.2, 0.25) is 23.6 Å². The summed E-state index contributed by atoms with van der Waals surface area (Å²) in [7, 11) is 0. The zero-order valence-electron chi connectivity index (χ0n) is 25.2. The van der Waals surface area contributed by atoms with E-state index in [0.717, 1.165) is 57.7 Å². The number of rotatable bonds is 12. The van der Waals surface area contributed by atoms with Crippen molar-refractivity contribution in [3.63, 3.8) is 0 Å². The first-order valence-corrected chi connectivity index (χ1v) is 15.5. The van der Waals surface area contributed by atoms with E-state index in [1.165, 1.54) is 12.8 Å². The van der Waals surface area contributed by atoms with Crippen LogP contribution in [-0.2, 0) is 25.6 Å². The number of carbonyl (C=O) groups is 4. The van der Waals surface area contributed by atoms with E-state index in [2.05, 4.69) is 26.2 Å². The molecule has 6 N–H and O–H groups in total. The molecule has 3 aliphatic rings. The van der Waals surface area contributed by atoms with Crippen LogP contribution in [-0.4, -0.2) is 104 Å². The minimum Gasteiger partial charge on any atom is -0.346 e. The fourth-order valence-electron chi connectivity index (χ4n) is 6.49. The Morgan fingerprint density at radius 3 is 2.24 bits per heavy atom. The van der Waals surface area contributed by atoms with Crippen molar-refractivity contribution in [1.82, 2.24) is 31.1 Å². The van der Waals surface area contributed by atoms with Gasteiger partial charge in [0.05, 0.1) is 19.1 Å². The summed E-state index contributed by atoms with van der Waals surface area (Å²) in [6.07, 6.45) is 5.25. The highest BCUT2D eigenvalue weighted by Crippen LogP contribution is 2.50. The first-order valence-electron chi connectivity index (χ1n) is 15.5. The number of amides is 4.